The molecule has 2 aromatic rings. The van der Waals surface area contributed by atoms with Gasteiger partial charge in [0.1, 0.15) is 11.5 Å². The van der Waals surface area contributed by atoms with Gasteiger partial charge >= 0.3 is 6.18 Å². The zero-order valence-corrected chi connectivity index (χ0v) is 17.7. The lowest BCUT2D eigenvalue weighted by atomic mass is 9.86. The highest BCUT2D eigenvalue weighted by atomic mass is 19.4. The van der Waals surface area contributed by atoms with Crippen LogP contribution in [0.4, 0.5) is 18.9 Å². The topological polar surface area (TPSA) is 87.3 Å². The Morgan fingerprint density at radius 3 is 2.31 bits per heavy atom. The summed E-state index contributed by atoms with van der Waals surface area (Å²) in [5.41, 5.74) is 1.20. The van der Waals surface area contributed by atoms with Crippen LogP contribution in [-0.2, 0) is 14.4 Å². The molecule has 0 bridgehead atoms. The van der Waals surface area contributed by atoms with Gasteiger partial charge in [0.2, 0.25) is 5.91 Å². The highest BCUT2D eigenvalue weighted by molar-refractivity contribution is 6.09. The lowest BCUT2D eigenvalue weighted by Gasteiger charge is -2.26. The molecule has 0 radical (unpaired) electrons. The monoisotopic (exact) mass is 447 g/mol. The maximum atomic E-state index is 13.0. The molecule has 0 saturated heterocycles. The van der Waals surface area contributed by atoms with Gasteiger partial charge < -0.3 is 16.0 Å². The third-order valence-corrected chi connectivity index (χ3v) is 5.42. The van der Waals surface area contributed by atoms with Crippen molar-refractivity contribution >= 4 is 23.3 Å². The zero-order chi connectivity index (χ0) is 23.5. The molecule has 0 aliphatic carbocycles. The van der Waals surface area contributed by atoms with Crippen LogP contribution in [0.2, 0.25) is 0 Å². The maximum Gasteiger partial charge on any atom is 0.390 e. The fourth-order valence-electron chi connectivity index (χ4n) is 3.40. The van der Waals surface area contributed by atoms with Gasteiger partial charge in [-0.2, -0.15) is 13.2 Å². The summed E-state index contributed by atoms with van der Waals surface area (Å²) in [6, 6.07) is 13.3. The van der Waals surface area contributed by atoms with E-state index in [0.29, 0.717) is 11.3 Å². The summed E-state index contributed by atoms with van der Waals surface area (Å²) in [7, 11) is 0. The highest BCUT2D eigenvalue weighted by Crippen LogP contribution is 2.37. The van der Waals surface area contributed by atoms with Crippen molar-refractivity contribution in [3.8, 4) is 11.1 Å². The molecule has 2 amide bonds. The van der Waals surface area contributed by atoms with Crippen molar-refractivity contribution in [2.45, 2.75) is 32.5 Å². The largest absolute Gasteiger partial charge is 0.390 e. The number of fused-ring (bicyclic) bond motifs is 3. The summed E-state index contributed by atoms with van der Waals surface area (Å²) in [6.45, 7) is 1.94. The minimum atomic E-state index is -4.33. The van der Waals surface area contributed by atoms with E-state index in [9.17, 15) is 27.6 Å². The number of Topliss-reactive ketones (excluding diaryl/α,β-unsaturated/α-hetero) is 1. The molecule has 9 heteroatoms. The van der Waals surface area contributed by atoms with Gasteiger partial charge in [-0.05, 0) is 31.0 Å². The molecule has 1 atom stereocenters. The minimum Gasteiger partial charge on any atom is -0.340 e. The number of para-hydroxylation sites is 1. The van der Waals surface area contributed by atoms with Crippen LogP contribution < -0.4 is 16.0 Å². The first-order valence-corrected chi connectivity index (χ1v) is 10.1. The van der Waals surface area contributed by atoms with E-state index in [1.807, 2.05) is 24.3 Å². The molecule has 1 aliphatic rings. The molecule has 3 N–H and O–H groups in total. The average Bonchev–Trinajstić information content (AvgIpc) is 2.85. The summed E-state index contributed by atoms with van der Waals surface area (Å²) in [6.07, 6.45) is -5.41. The number of anilines is 1. The van der Waals surface area contributed by atoms with Crippen LogP contribution in [-0.4, -0.2) is 36.9 Å². The number of ketones is 1. The molecule has 0 saturated carbocycles. The van der Waals surface area contributed by atoms with Crippen LogP contribution in [0.15, 0.2) is 48.5 Å². The Bertz CT molecular complexity index is 1030. The maximum absolute atomic E-state index is 13.0. The number of alkyl halides is 3. The molecule has 170 valence electrons. The quantitative estimate of drug-likeness (QED) is 0.447. The molecule has 1 heterocycles. The van der Waals surface area contributed by atoms with E-state index in [4.69, 9.17) is 0 Å². The van der Waals surface area contributed by atoms with Gasteiger partial charge in [0.25, 0.3) is 5.91 Å². The van der Waals surface area contributed by atoms with Gasteiger partial charge in [-0.3, -0.25) is 14.4 Å². The second-order valence-electron chi connectivity index (χ2n) is 8.12. The molecule has 0 fully saturated rings. The van der Waals surface area contributed by atoms with Gasteiger partial charge in [-0.15, -0.1) is 0 Å². The van der Waals surface area contributed by atoms with Crippen LogP contribution in [0.25, 0.3) is 11.1 Å². The van der Waals surface area contributed by atoms with Gasteiger partial charge in [-0.1, -0.05) is 42.5 Å². The second-order valence-corrected chi connectivity index (χ2v) is 8.12. The van der Waals surface area contributed by atoms with Crippen molar-refractivity contribution in [1.82, 2.24) is 10.6 Å². The molecule has 32 heavy (non-hydrogen) atoms. The summed E-state index contributed by atoms with van der Waals surface area (Å²) in [5, 5.41) is 7.88. The molecular weight excluding hydrogens is 423 g/mol. The van der Waals surface area contributed by atoms with E-state index in [1.54, 1.807) is 24.3 Å². The predicted molar refractivity (Wildman–Crippen MR) is 114 cm³/mol. The fraction of sp³-hybridized carbons (Fsp3) is 0.348. The van der Waals surface area contributed by atoms with Gasteiger partial charge in [0.05, 0.1) is 13.0 Å². The number of nitrogens with one attached hydrogen (secondary N) is 3. The lowest BCUT2D eigenvalue weighted by molar-refractivity contribution is -0.142. The lowest BCUT2D eigenvalue weighted by Crippen LogP contribution is -2.48. The first-order chi connectivity index (χ1) is 15.0. The molecule has 0 spiro atoms. The van der Waals surface area contributed by atoms with Gasteiger partial charge in [0.15, 0.2) is 5.78 Å². The predicted octanol–water partition coefficient (Wildman–Crippen LogP) is 3.60. The van der Waals surface area contributed by atoms with Gasteiger partial charge in [-0.25, -0.2) is 0 Å². The Hall–Kier alpha value is -3.20. The van der Waals surface area contributed by atoms with Crippen LogP contribution in [0.1, 0.15) is 31.9 Å². The van der Waals surface area contributed by atoms with Crippen molar-refractivity contribution < 1.29 is 27.6 Å². The van der Waals surface area contributed by atoms with E-state index in [-0.39, 0.29) is 0 Å². The highest BCUT2D eigenvalue weighted by Gasteiger charge is 2.39. The van der Waals surface area contributed by atoms with Gasteiger partial charge in [0, 0.05) is 17.8 Å². The third-order valence-electron chi connectivity index (χ3n) is 5.42. The number of hydrogen-bond acceptors (Lipinski definition) is 4. The minimum absolute atomic E-state index is 0.393. The Balaban J connectivity index is 1.76. The Morgan fingerprint density at radius 2 is 1.62 bits per heavy atom. The number of carbonyl (C=O) groups excluding carboxylic acids is 3. The number of carbonyl (C=O) groups is 3. The molecule has 3 rings (SSSR count). The van der Waals surface area contributed by atoms with Crippen LogP contribution in [0, 0.1) is 5.41 Å². The number of amides is 2. The Morgan fingerprint density at radius 1 is 1.00 bits per heavy atom. The van der Waals surface area contributed by atoms with Crippen molar-refractivity contribution in [1.29, 1.82) is 0 Å². The molecular formula is C23H24F3N3O3. The summed E-state index contributed by atoms with van der Waals surface area (Å²) < 4.78 is 36.8. The second kappa shape index (κ2) is 9.12. The summed E-state index contributed by atoms with van der Waals surface area (Å²) in [4.78, 5) is 38.5. The van der Waals surface area contributed by atoms with E-state index < -0.39 is 54.7 Å². The third kappa shape index (κ3) is 5.16. The molecule has 2 aromatic carbocycles. The Labute approximate surface area is 183 Å². The smallest absolute Gasteiger partial charge is 0.340 e. The molecule has 0 unspecified atom stereocenters. The summed E-state index contributed by atoms with van der Waals surface area (Å²) in [5.74, 6) is -1.73. The average molecular weight is 447 g/mol. The first kappa shape index (κ1) is 23.5. The van der Waals surface area contributed by atoms with Crippen molar-refractivity contribution in [2.75, 3.05) is 18.4 Å². The normalized spacial score (nSPS) is 15.8. The van der Waals surface area contributed by atoms with E-state index in [2.05, 4.69) is 16.0 Å². The van der Waals surface area contributed by atoms with E-state index >= 15 is 0 Å². The zero-order valence-electron chi connectivity index (χ0n) is 17.7. The van der Waals surface area contributed by atoms with Crippen LogP contribution in [0.3, 0.4) is 0 Å². The molecule has 0 aromatic heterocycles. The standard InChI is InChI=1S/C23H24F3N3O3/c1-22(2,18(30)13-27-12-11-23(24,25)26)21(32)29-19-16-9-4-3-7-14(16)15-8-5-6-10-17(15)28-20(19)31/h3-10,19,27H,11-13H2,1-2H3,(H,28,31)(H,29,32)/t19-/m1/s1. The van der Waals surface area contributed by atoms with E-state index in [1.165, 1.54) is 13.8 Å². The van der Waals surface area contributed by atoms with Crippen molar-refractivity contribution in [3.05, 3.63) is 54.1 Å². The molecule has 1 aliphatic heterocycles. The van der Waals surface area contributed by atoms with E-state index in [0.717, 1.165) is 11.1 Å². The van der Waals surface area contributed by atoms with Crippen molar-refractivity contribution in [2.24, 2.45) is 5.41 Å². The number of benzene rings is 2. The number of rotatable bonds is 7. The van der Waals surface area contributed by atoms with Crippen molar-refractivity contribution in [3.63, 3.8) is 0 Å². The summed E-state index contributed by atoms with van der Waals surface area (Å²) >= 11 is 0. The number of hydrogen-bond donors (Lipinski definition) is 3. The Kier molecular flexibility index (Phi) is 6.68. The SMILES string of the molecule is CC(C)(C(=O)CNCCC(F)(F)F)C(=O)N[C@H]1C(=O)Nc2ccccc2-c2ccccc21. The van der Waals surface area contributed by atoms with Crippen LogP contribution in [0.5, 0.6) is 0 Å². The fourth-order valence-corrected chi connectivity index (χ4v) is 3.40. The molecule has 6 nitrogen and oxygen atoms in total. The van der Waals surface area contributed by atoms with Crippen LogP contribution >= 0.6 is 0 Å². The first-order valence-electron chi connectivity index (χ1n) is 10.1. The number of halogens is 3.